The molecule has 0 saturated carbocycles. The van der Waals surface area contributed by atoms with Gasteiger partial charge >= 0.3 is 7.82 Å². The topological polar surface area (TPSA) is 141 Å². The summed E-state index contributed by atoms with van der Waals surface area (Å²) in [6.45, 7) is 4.08. The van der Waals surface area contributed by atoms with Gasteiger partial charge in [-0.25, -0.2) is 4.57 Å². The summed E-state index contributed by atoms with van der Waals surface area (Å²) in [7, 11) is -3.83. The third-order valence-corrected chi connectivity index (χ3v) is 6.09. The van der Waals surface area contributed by atoms with Crippen LogP contribution in [-0.4, -0.2) is 54.3 Å². The van der Waals surface area contributed by atoms with Gasteiger partial charge in [-0.15, -0.1) is 0 Å². The van der Waals surface area contributed by atoms with Crippen molar-refractivity contribution >= 4 is 13.7 Å². The molecule has 1 aliphatic rings. The summed E-state index contributed by atoms with van der Waals surface area (Å²) in [5.41, 5.74) is 5.51. The number of nitrogens with zero attached hydrogens (tertiary/aromatic N) is 1. The fourth-order valence-electron chi connectivity index (χ4n) is 2.83. The van der Waals surface area contributed by atoms with Crippen LogP contribution in [0, 0.1) is 0 Å². The molecule has 10 nitrogen and oxygen atoms in total. The maximum atomic E-state index is 12.9. The van der Waals surface area contributed by atoms with Crippen LogP contribution in [0.3, 0.4) is 0 Å². The smallest absolute Gasteiger partial charge is 0.387 e. The first-order valence-corrected chi connectivity index (χ1v) is 11.6. The number of carbonyl (C=O) groups excluding carboxylic acids is 1. The zero-order valence-electron chi connectivity index (χ0n) is 17.4. The van der Waals surface area contributed by atoms with Gasteiger partial charge in [-0.05, 0) is 18.9 Å². The predicted octanol–water partition coefficient (Wildman–Crippen LogP) is 1.45. The van der Waals surface area contributed by atoms with E-state index in [0.29, 0.717) is 12.8 Å². The Labute approximate surface area is 176 Å². The number of amides is 1. The van der Waals surface area contributed by atoms with E-state index in [-0.39, 0.29) is 25.4 Å². The molecular formula is C19H32N2O8P+. The summed E-state index contributed by atoms with van der Waals surface area (Å²) < 4.78 is 36.1. The number of ether oxygens (including phenoxy) is 1. The fourth-order valence-corrected chi connectivity index (χ4v) is 4.09. The first kappa shape index (κ1) is 24.9. The molecule has 1 saturated heterocycles. The summed E-state index contributed by atoms with van der Waals surface area (Å²) in [5, 5.41) is 20.7. The van der Waals surface area contributed by atoms with Gasteiger partial charge in [-0.3, -0.25) is 18.4 Å². The lowest BCUT2D eigenvalue weighted by molar-refractivity contribution is -0.765. The number of carbonyl (C=O) groups is 1. The maximum absolute atomic E-state index is 12.9. The van der Waals surface area contributed by atoms with Crippen LogP contribution in [0.2, 0.25) is 0 Å². The minimum absolute atomic E-state index is 0.217. The SMILES string of the molecule is CCCCOP(=O)(OCCCC)OCC1OC([n+]2cccc(C(N)=O)c2)C(O)C1O. The molecule has 1 fully saturated rings. The zero-order valence-corrected chi connectivity index (χ0v) is 18.3. The van der Waals surface area contributed by atoms with Gasteiger partial charge in [0.2, 0.25) is 0 Å². The van der Waals surface area contributed by atoms with Crippen LogP contribution < -0.4 is 10.3 Å². The maximum Gasteiger partial charge on any atom is 0.474 e. The Morgan fingerprint density at radius 1 is 1.17 bits per heavy atom. The van der Waals surface area contributed by atoms with Crippen LogP contribution in [0.4, 0.5) is 0 Å². The highest BCUT2D eigenvalue weighted by Gasteiger charge is 2.49. The van der Waals surface area contributed by atoms with E-state index in [1.165, 1.54) is 16.8 Å². The molecule has 0 radical (unpaired) electrons. The summed E-state index contributed by atoms with van der Waals surface area (Å²) in [5.74, 6) is -0.633. The van der Waals surface area contributed by atoms with Gasteiger partial charge < -0.3 is 20.7 Å². The summed E-state index contributed by atoms with van der Waals surface area (Å²) in [4.78, 5) is 11.4. The van der Waals surface area contributed by atoms with Gasteiger partial charge in [0.25, 0.3) is 12.1 Å². The Kier molecular flexibility index (Phi) is 9.83. The molecule has 1 aromatic rings. The van der Waals surface area contributed by atoms with Crippen LogP contribution in [0.1, 0.15) is 56.1 Å². The van der Waals surface area contributed by atoms with Crippen LogP contribution in [-0.2, 0) is 22.9 Å². The lowest BCUT2D eigenvalue weighted by Crippen LogP contribution is -2.46. The average Bonchev–Trinajstić information content (AvgIpc) is 3.01. The number of phosphoric acid groups is 1. The molecule has 11 heteroatoms. The monoisotopic (exact) mass is 447 g/mol. The first-order valence-electron chi connectivity index (χ1n) is 10.2. The average molecular weight is 447 g/mol. The number of primary amides is 1. The second kappa shape index (κ2) is 11.9. The number of hydrogen-bond donors (Lipinski definition) is 3. The largest absolute Gasteiger partial charge is 0.474 e. The van der Waals surface area contributed by atoms with Crippen molar-refractivity contribution in [3.8, 4) is 0 Å². The first-order chi connectivity index (χ1) is 14.3. The molecule has 2 heterocycles. The van der Waals surface area contributed by atoms with Crippen molar-refractivity contribution in [2.24, 2.45) is 5.73 Å². The molecule has 0 spiro atoms. The quantitative estimate of drug-likeness (QED) is 0.234. The second-order valence-electron chi connectivity index (χ2n) is 7.07. The van der Waals surface area contributed by atoms with E-state index in [2.05, 4.69) is 0 Å². The molecule has 4 unspecified atom stereocenters. The molecule has 4 atom stereocenters. The van der Waals surface area contributed by atoms with Crippen LogP contribution in [0.5, 0.6) is 0 Å². The van der Waals surface area contributed by atoms with E-state index in [4.69, 9.17) is 24.0 Å². The van der Waals surface area contributed by atoms with Gasteiger partial charge in [-0.2, -0.15) is 4.57 Å². The van der Waals surface area contributed by atoms with E-state index >= 15 is 0 Å². The number of phosphoric ester groups is 1. The van der Waals surface area contributed by atoms with E-state index in [0.717, 1.165) is 12.8 Å². The molecule has 170 valence electrons. The van der Waals surface area contributed by atoms with E-state index in [9.17, 15) is 19.6 Å². The van der Waals surface area contributed by atoms with Gasteiger partial charge in [-0.1, -0.05) is 26.7 Å². The zero-order chi connectivity index (χ0) is 22.1. The summed E-state index contributed by atoms with van der Waals surface area (Å²) in [6.07, 6.45) is 1.53. The molecule has 4 N–H and O–H groups in total. The highest BCUT2D eigenvalue weighted by molar-refractivity contribution is 7.48. The third-order valence-electron chi connectivity index (χ3n) is 4.63. The van der Waals surface area contributed by atoms with E-state index in [1.807, 2.05) is 13.8 Å². The van der Waals surface area contributed by atoms with Gasteiger partial charge in [0.05, 0.1) is 19.8 Å². The molecule has 0 aromatic carbocycles. The lowest BCUT2D eigenvalue weighted by Gasteiger charge is -2.20. The van der Waals surface area contributed by atoms with Crippen molar-refractivity contribution in [2.45, 2.75) is 64.1 Å². The number of nitrogens with two attached hydrogens (primary N) is 1. The fraction of sp³-hybridized carbons (Fsp3) is 0.684. The molecular weight excluding hydrogens is 415 g/mol. The number of pyridine rings is 1. The minimum Gasteiger partial charge on any atom is -0.387 e. The van der Waals surface area contributed by atoms with Crippen molar-refractivity contribution in [3.63, 3.8) is 0 Å². The van der Waals surface area contributed by atoms with E-state index < -0.39 is 38.3 Å². The Bertz CT molecular complexity index is 720. The van der Waals surface area contributed by atoms with Crippen molar-refractivity contribution in [3.05, 3.63) is 30.1 Å². The molecule has 1 aromatic heterocycles. The summed E-state index contributed by atoms with van der Waals surface area (Å²) >= 11 is 0. The number of hydrogen-bond acceptors (Lipinski definition) is 8. The van der Waals surface area contributed by atoms with E-state index in [1.54, 1.807) is 12.3 Å². The van der Waals surface area contributed by atoms with Gasteiger partial charge in [0, 0.05) is 6.07 Å². The lowest BCUT2D eigenvalue weighted by atomic mass is 10.1. The Hall–Kier alpha value is -1.39. The second-order valence-corrected chi connectivity index (χ2v) is 8.74. The number of aliphatic hydroxyl groups excluding tert-OH is 2. The molecule has 1 amide bonds. The van der Waals surface area contributed by atoms with Crippen molar-refractivity contribution in [1.82, 2.24) is 0 Å². The highest BCUT2D eigenvalue weighted by Crippen LogP contribution is 2.50. The van der Waals surface area contributed by atoms with Crippen molar-refractivity contribution in [1.29, 1.82) is 0 Å². The third kappa shape index (κ3) is 6.81. The number of rotatable bonds is 13. The Balaban J connectivity index is 2.03. The Morgan fingerprint density at radius 3 is 2.37 bits per heavy atom. The number of aliphatic hydroxyl groups is 2. The number of unbranched alkanes of at least 4 members (excludes halogenated alkanes) is 2. The standard InChI is InChI=1S/C19H31N2O8P/c1-3-5-10-26-30(25,27-11-6-4-2)28-13-15-16(22)17(23)19(29-15)21-9-7-8-14(12-21)18(20)24/h7-9,12,15-17,19,22-23H,3-6,10-11,13H2,1-2H3,(H-,20,24)/p+1. The predicted molar refractivity (Wildman–Crippen MR) is 106 cm³/mol. The Morgan fingerprint density at radius 2 is 1.80 bits per heavy atom. The van der Waals surface area contributed by atoms with Crippen LogP contribution >= 0.6 is 7.82 Å². The van der Waals surface area contributed by atoms with Crippen LogP contribution in [0.25, 0.3) is 0 Å². The summed E-state index contributed by atoms with van der Waals surface area (Å²) in [6, 6.07) is 3.10. The van der Waals surface area contributed by atoms with Gasteiger partial charge in [0.15, 0.2) is 18.5 Å². The molecule has 0 bridgehead atoms. The van der Waals surface area contributed by atoms with Crippen molar-refractivity contribution < 1.29 is 42.4 Å². The number of aromatic nitrogens is 1. The van der Waals surface area contributed by atoms with Gasteiger partial charge in [0.1, 0.15) is 17.8 Å². The molecule has 30 heavy (non-hydrogen) atoms. The normalized spacial score (nSPS) is 24.3. The molecule has 0 aliphatic carbocycles. The minimum atomic E-state index is -3.83. The molecule has 1 aliphatic heterocycles. The van der Waals surface area contributed by atoms with Crippen molar-refractivity contribution in [2.75, 3.05) is 19.8 Å². The molecule has 2 rings (SSSR count). The highest BCUT2D eigenvalue weighted by atomic mass is 31.2. The van der Waals surface area contributed by atoms with Crippen LogP contribution in [0.15, 0.2) is 24.5 Å².